The average molecular weight is 354 g/mol. The lowest BCUT2D eigenvalue weighted by Gasteiger charge is -2.24. The molecule has 3 rings (SSSR count). The number of nitrogens with two attached hydrogens (primary N) is 1. The lowest BCUT2D eigenvalue weighted by atomic mass is 10.2. The molecule has 122 valence electrons. The van der Waals surface area contributed by atoms with Crippen LogP contribution >= 0.6 is 11.6 Å². The predicted molar refractivity (Wildman–Crippen MR) is 88.1 cm³/mol. The van der Waals surface area contributed by atoms with Gasteiger partial charge in [-0.2, -0.15) is 5.10 Å². The number of nitrogens with one attached hydrogen (secondary N) is 1. The fourth-order valence-electron chi connectivity index (χ4n) is 2.36. The number of rotatable bonds is 4. The Hall–Kier alpha value is -1.90. The summed E-state index contributed by atoms with van der Waals surface area (Å²) < 4.78 is 25.3. The van der Waals surface area contributed by atoms with Crippen LogP contribution in [-0.4, -0.2) is 35.7 Å². The van der Waals surface area contributed by atoms with Crippen molar-refractivity contribution in [3.05, 3.63) is 47.3 Å². The molecule has 0 fully saturated rings. The number of fused-ring (bicyclic) bond motifs is 1. The number of allylic oxidation sites excluding steroid dienone is 2. The molecule has 2 atom stereocenters. The summed E-state index contributed by atoms with van der Waals surface area (Å²) in [6.07, 6.45) is 6.79. The number of sulfone groups is 1. The van der Waals surface area contributed by atoms with E-state index in [9.17, 15) is 8.42 Å². The molecular formula is C14H16ClN5O2S. The van der Waals surface area contributed by atoms with Crippen molar-refractivity contribution in [2.75, 3.05) is 0 Å². The van der Waals surface area contributed by atoms with E-state index in [0.717, 1.165) is 0 Å². The van der Waals surface area contributed by atoms with Crippen LogP contribution in [0.1, 0.15) is 18.9 Å². The summed E-state index contributed by atoms with van der Waals surface area (Å²) >= 11 is 6.03. The minimum absolute atomic E-state index is 0.0744. The number of aromatic nitrogens is 1. The van der Waals surface area contributed by atoms with Crippen molar-refractivity contribution < 1.29 is 8.42 Å². The minimum atomic E-state index is -3.75. The highest BCUT2D eigenvalue weighted by Gasteiger charge is 2.34. The normalized spacial score (nSPS) is 21.3. The van der Waals surface area contributed by atoms with Crippen molar-refractivity contribution >= 4 is 27.3 Å². The van der Waals surface area contributed by atoms with E-state index in [1.54, 1.807) is 36.2 Å². The Kier molecular flexibility index (Phi) is 4.13. The molecule has 0 spiro atoms. The molecule has 0 bridgehead atoms. The zero-order chi connectivity index (χ0) is 16.6. The second-order valence-electron chi connectivity index (χ2n) is 5.14. The highest BCUT2D eigenvalue weighted by atomic mass is 35.5. The Morgan fingerprint density at radius 3 is 3.04 bits per heavy atom. The van der Waals surface area contributed by atoms with E-state index in [1.807, 2.05) is 6.08 Å². The van der Waals surface area contributed by atoms with Gasteiger partial charge in [-0.15, -0.1) is 0 Å². The van der Waals surface area contributed by atoms with Crippen molar-refractivity contribution in [2.45, 2.75) is 29.9 Å². The van der Waals surface area contributed by atoms with E-state index < -0.39 is 15.2 Å². The van der Waals surface area contributed by atoms with E-state index in [4.69, 9.17) is 17.3 Å². The maximum Gasteiger partial charge on any atom is 0.211 e. The van der Waals surface area contributed by atoms with Crippen LogP contribution in [0.25, 0.3) is 0 Å². The third kappa shape index (κ3) is 2.73. The lowest BCUT2D eigenvalue weighted by Crippen LogP contribution is -2.38. The van der Waals surface area contributed by atoms with E-state index in [2.05, 4.69) is 15.5 Å². The van der Waals surface area contributed by atoms with Crippen molar-refractivity contribution in [1.82, 2.24) is 15.3 Å². The first kappa shape index (κ1) is 16.0. The van der Waals surface area contributed by atoms with Crippen LogP contribution in [0.2, 0.25) is 0 Å². The molecule has 9 heteroatoms. The van der Waals surface area contributed by atoms with Gasteiger partial charge in [0.2, 0.25) is 9.84 Å². The highest BCUT2D eigenvalue weighted by Crippen LogP contribution is 2.26. The molecule has 1 aromatic rings. The van der Waals surface area contributed by atoms with Gasteiger partial charge in [0.15, 0.2) is 10.9 Å². The number of hydrogen-bond donors (Lipinski definition) is 2. The number of nitrogens with zero attached hydrogens (tertiary/aromatic N) is 3. The summed E-state index contributed by atoms with van der Waals surface area (Å²) in [5.74, 6) is 0.437. The van der Waals surface area contributed by atoms with Gasteiger partial charge in [-0.05, 0) is 30.7 Å². The zero-order valence-electron chi connectivity index (χ0n) is 12.3. The predicted octanol–water partition coefficient (Wildman–Crippen LogP) is 1.09. The SMILES string of the molecule is CCC(N)S(=O)(=O)c1ncccc1C1=NNC2C=CC(Cl)=CN12. The van der Waals surface area contributed by atoms with Crippen molar-refractivity contribution in [3.63, 3.8) is 0 Å². The summed E-state index contributed by atoms with van der Waals surface area (Å²) in [5.41, 5.74) is 9.07. The molecule has 23 heavy (non-hydrogen) atoms. The largest absolute Gasteiger partial charge is 0.315 e. The van der Waals surface area contributed by atoms with E-state index in [1.165, 1.54) is 6.20 Å². The molecule has 2 aliphatic heterocycles. The first-order valence-electron chi connectivity index (χ1n) is 7.07. The number of hydrazone groups is 1. The van der Waals surface area contributed by atoms with Gasteiger partial charge in [-0.1, -0.05) is 18.5 Å². The molecule has 3 N–H and O–H groups in total. The lowest BCUT2D eigenvalue weighted by molar-refractivity contribution is 0.443. The van der Waals surface area contributed by atoms with Crippen molar-refractivity contribution in [2.24, 2.45) is 10.8 Å². The van der Waals surface area contributed by atoms with Crippen LogP contribution in [-0.2, 0) is 9.84 Å². The van der Waals surface area contributed by atoms with E-state index in [-0.39, 0.29) is 11.2 Å². The van der Waals surface area contributed by atoms with Gasteiger partial charge < -0.3 is 10.6 Å². The Bertz CT molecular complexity index is 818. The van der Waals surface area contributed by atoms with E-state index >= 15 is 0 Å². The summed E-state index contributed by atoms with van der Waals surface area (Å²) in [6, 6.07) is 3.32. The second kappa shape index (κ2) is 5.95. The Labute approximate surface area is 139 Å². The van der Waals surface area contributed by atoms with Gasteiger partial charge in [0.25, 0.3) is 0 Å². The number of amidine groups is 1. The third-order valence-electron chi connectivity index (χ3n) is 3.63. The summed E-state index contributed by atoms with van der Waals surface area (Å²) in [4.78, 5) is 5.81. The first-order chi connectivity index (χ1) is 10.9. The number of hydrogen-bond acceptors (Lipinski definition) is 7. The van der Waals surface area contributed by atoms with Crippen molar-refractivity contribution in [1.29, 1.82) is 0 Å². The zero-order valence-corrected chi connectivity index (χ0v) is 13.9. The van der Waals surface area contributed by atoms with Gasteiger partial charge in [0.1, 0.15) is 11.5 Å². The number of pyridine rings is 1. The standard InChI is InChI=1S/C14H16ClN5O2S/c1-2-11(16)23(21,22)14-10(4-3-7-17-14)13-19-18-12-6-5-9(15)8-20(12)13/h3-8,11-12,18H,2,16H2,1H3. The molecule has 0 radical (unpaired) electrons. The maximum atomic E-state index is 12.6. The van der Waals surface area contributed by atoms with Gasteiger partial charge in [0.05, 0.1) is 10.6 Å². The maximum absolute atomic E-state index is 12.6. The first-order valence-corrected chi connectivity index (χ1v) is 8.99. The van der Waals surface area contributed by atoms with Gasteiger partial charge in [0, 0.05) is 12.4 Å². The minimum Gasteiger partial charge on any atom is -0.315 e. The summed E-state index contributed by atoms with van der Waals surface area (Å²) in [5, 5.41) is 3.68. The average Bonchev–Trinajstić information content (AvgIpc) is 2.96. The fourth-order valence-corrected chi connectivity index (χ4v) is 3.94. The second-order valence-corrected chi connectivity index (χ2v) is 7.66. The van der Waals surface area contributed by atoms with Crippen molar-refractivity contribution in [3.8, 4) is 0 Å². The van der Waals surface area contributed by atoms with Crippen LogP contribution in [0.5, 0.6) is 0 Å². The molecule has 2 unspecified atom stereocenters. The van der Waals surface area contributed by atoms with Crippen LogP contribution < -0.4 is 11.2 Å². The summed E-state index contributed by atoms with van der Waals surface area (Å²) in [6.45, 7) is 1.72. The highest BCUT2D eigenvalue weighted by molar-refractivity contribution is 7.92. The Morgan fingerprint density at radius 1 is 1.52 bits per heavy atom. The molecular weight excluding hydrogens is 338 g/mol. The van der Waals surface area contributed by atoms with Crippen LogP contribution in [0.15, 0.2) is 51.8 Å². The Morgan fingerprint density at radius 2 is 2.30 bits per heavy atom. The van der Waals surface area contributed by atoms with E-state index in [0.29, 0.717) is 22.9 Å². The molecule has 7 nitrogen and oxygen atoms in total. The smallest absolute Gasteiger partial charge is 0.211 e. The molecule has 0 amide bonds. The summed E-state index contributed by atoms with van der Waals surface area (Å²) in [7, 11) is -3.75. The van der Waals surface area contributed by atoms with Crippen LogP contribution in [0.3, 0.4) is 0 Å². The third-order valence-corrected chi connectivity index (χ3v) is 5.85. The number of halogens is 1. The topological polar surface area (TPSA) is 101 Å². The Balaban J connectivity index is 2.08. The molecule has 1 aromatic heterocycles. The molecule has 0 aliphatic carbocycles. The fraction of sp³-hybridized carbons (Fsp3) is 0.286. The van der Waals surface area contributed by atoms with Gasteiger partial charge >= 0.3 is 0 Å². The molecule has 0 saturated heterocycles. The van der Waals surface area contributed by atoms with Crippen LogP contribution in [0, 0.1) is 0 Å². The van der Waals surface area contributed by atoms with Gasteiger partial charge in [-0.25, -0.2) is 13.4 Å². The molecule has 3 heterocycles. The molecule has 2 aliphatic rings. The van der Waals surface area contributed by atoms with Gasteiger partial charge in [-0.3, -0.25) is 5.43 Å². The molecule has 0 saturated carbocycles. The quantitative estimate of drug-likeness (QED) is 0.840. The molecule has 0 aromatic carbocycles. The monoisotopic (exact) mass is 353 g/mol. The van der Waals surface area contributed by atoms with Crippen LogP contribution in [0.4, 0.5) is 0 Å².